The van der Waals surface area contributed by atoms with Gasteiger partial charge in [-0.25, -0.2) is 0 Å². The Labute approximate surface area is 107 Å². The van der Waals surface area contributed by atoms with Crippen molar-refractivity contribution < 1.29 is 4.79 Å². The van der Waals surface area contributed by atoms with Crippen molar-refractivity contribution in [1.82, 2.24) is 0 Å². The Morgan fingerprint density at radius 3 is 2.78 bits per heavy atom. The fourth-order valence-electron chi connectivity index (χ4n) is 3.84. The van der Waals surface area contributed by atoms with E-state index in [1.807, 2.05) is 17.0 Å². The summed E-state index contributed by atoms with van der Waals surface area (Å²) in [5, 5.41) is 0. The van der Waals surface area contributed by atoms with Crippen LogP contribution in [-0.2, 0) is 11.2 Å². The lowest BCUT2D eigenvalue weighted by molar-refractivity contribution is -0.122. The number of fused-ring (bicyclic) bond motifs is 2. The third-order valence-corrected chi connectivity index (χ3v) is 4.88. The predicted octanol–water partition coefficient (Wildman–Crippen LogP) is 2.20. The highest BCUT2D eigenvalue weighted by molar-refractivity contribution is 6.00. The van der Waals surface area contributed by atoms with E-state index in [0.717, 1.165) is 49.0 Å². The first-order valence-corrected chi connectivity index (χ1v) is 6.93. The van der Waals surface area contributed by atoms with Crippen molar-refractivity contribution >= 4 is 17.3 Å². The third kappa shape index (κ3) is 1.39. The lowest BCUT2D eigenvalue weighted by atomic mass is 10.0. The summed E-state index contributed by atoms with van der Waals surface area (Å²) in [6, 6.07) is 5.97. The molecule has 3 nitrogen and oxygen atoms in total. The molecule has 2 aliphatic carbocycles. The highest BCUT2D eigenvalue weighted by Gasteiger charge is 2.49. The van der Waals surface area contributed by atoms with Gasteiger partial charge in [0, 0.05) is 12.5 Å². The van der Waals surface area contributed by atoms with E-state index >= 15 is 0 Å². The van der Waals surface area contributed by atoms with Crippen LogP contribution >= 0.6 is 0 Å². The van der Waals surface area contributed by atoms with Crippen molar-refractivity contribution in [3.63, 3.8) is 0 Å². The molecule has 0 bridgehead atoms. The van der Waals surface area contributed by atoms with Gasteiger partial charge in [-0.1, -0.05) is 12.1 Å². The van der Waals surface area contributed by atoms with Crippen LogP contribution in [-0.4, -0.2) is 12.5 Å². The van der Waals surface area contributed by atoms with Gasteiger partial charge < -0.3 is 10.6 Å². The highest BCUT2D eigenvalue weighted by atomic mass is 16.2. The number of rotatable bonds is 1. The smallest absolute Gasteiger partial charge is 0.230 e. The van der Waals surface area contributed by atoms with Crippen molar-refractivity contribution in [1.29, 1.82) is 0 Å². The van der Waals surface area contributed by atoms with Gasteiger partial charge in [-0.3, -0.25) is 4.79 Å². The molecule has 0 spiro atoms. The summed E-state index contributed by atoms with van der Waals surface area (Å²) >= 11 is 0. The molecule has 1 aromatic carbocycles. The second kappa shape index (κ2) is 3.50. The van der Waals surface area contributed by atoms with Crippen molar-refractivity contribution in [3.8, 4) is 0 Å². The Kier molecular flexibility index (Phi) is 2.02. The number of para-hydroxylation sites is 1. The van der Waals surface area contributed by atoms with E-state index in [1.165, 1.54) is 12.0 Å². The van der Waals surface area contributed by atoms with E-state index in [4.69, 9.17) is 5.73 Å². The first-order valence-electron chi connectivity index (χ1n) is 6.93. The number of nitrogen functional groups attached to an aromatic ring is 1. The molecule has 2 unspecified atom stereocenters. The van der Waals surface area contributed by atoms with Gasteiger partial charge in [-0.05, 0) is 49.1 Å². The van der Waals surface area contributed by atoms with Crippen LogP contribution in [0.5, 0.6) is 0 Å². The maximum absolute atomic E-state index is 12.6. The van der Waals surface area contributed by atoms with E-state index in [2.05, 4.69) is 6.07 Å². The number of hydrogen-bond donors (Lipinski definition) is 1. The molecule has 2 saturated carbocycles. The van der Waals surface area contributed by atoms with Crippen LogP contribution < -0.4 is 10.6 Å². The Morgan fingerprint density at radius 2 is 2.00 bits per heavy atom. The average molecular weight is 242 g/mol. The van der Waals surface area contributed by atoms with Gasteiger partial charge in [-0.15, -0.1) is 0 Å². The van der Waals surface area contributed by atoms with Crippen LogP contribution in [0.25, 0.3) is 0 Å². The number of anilines is 2. The lowest BCUT2D eigenvalue weighted by Gasteiger charge is -2.23. The van der Waals surface area contributed by atoms with E-state index in [1.54, 1.807) is 0 Å². The minimum absolute atomic E-state index is 0.263. The second-order valence-corrected chi connectivity index (χ2v) is 6.02. The number of carbonyl (C=O) groups is 1. The zero-order chi connectivity index (χ0) is 12.3. The zero-order valence-electron chi connectivity index (χ0n) is 10.4. The number of amides is 1. The highest BCUT2D eigenvalue weighted by Crippen LogP contribution is 2.55. The minimum atomic E-state index is 0.263. The number of carbonyl (C=O) groups excluding carboxylic acids is 1. The van der Waals surface area contributed by atoms with Crippen molar-refractivity contribution in [2.24, 2.45) is 17.8 Å². The van der Waals surface area contributed by atoms with Crippen LogP contribution in [0.4, 0.5) is 11.4 Å². The molecule has 1 aliphatic heterocycles. The number of nitrogens with two attached hydrogens (primary N) is 1. The van der Waals surface area contributed by atoms with Crippen LogP contribution in [0.3, 0.4) is 0 Å². The molecule has 18 heavy (non-hydrogen) atoms. The van der Waals surface area contributed by atoms with E-state index in [9.17, 15) is 4.79 Å². The molecule has 0 aromatic heterocycles. The maximum atomic E-state index is 12.6. The van der Waals surface area contributed by atoms with Crippen molar-refractivity contribution in [2.45, 2.75) is 25.7 Å². The van der Waals surface area contributed by atoms with Gasteiger partial charge in [0.15, 0.2) is 0 Å². The first kappa shape index (κ1) is 10.4. The molecule has 0 radical (unpaired) electrons. The van der Waals surface area contributed by atoms with Crippen LogP contribution in [0.1, 0.15) is 24.8 Å². The largest absolute Gasteiger partial charge is 0.397 e. The molecule has 2 N–H and O–H groups in total. The van der Waals surface area contributed by atoms with Gasteiger partial charge in [0.25, 0.3) is 0 Å². The van der Waals surface area contributed by atoms with Gasteiger partial charge in [0.1, 0.15) is 0 Å². The molecule has 3 aliphatic rings. The topological polar surface area (TPSA) is 46.3 Å². The Morgan fingerprint density at radius 1 is 1.22 bits per heavy atom. The summed E-state index contributed by atoms with van der Waals surface area (Å²) in [6.45, 7) is 0.814. The lowest BCUT2D eigenvalue weighted by Crippen LogP contribution is -2.34. The summed E-state index contributed by atoms with van der Waals surface area (Å²) in [4.78, 5) is 14.5. The summed E-state index contributed by atoms with van der Waals surface area (Å²) in [6.07, 6.45) is 4.54. The monoisotopic (exact) mass is 242 g/mol. The Balaban J connectivity index is 1.62. The summed E-state index contributed by atoms with van der Waals surface area (Å²) < 4.78 is 0. The van der Waals surface area contributed by atoms with E-state index < -0.39 is 0 Å². The minimum Gasteiger partial charge on any atom is -0.397 e. The van der Waals surface area contributed by atoms with Crippen molar-refractivity contribution in [2.75, 3.05) is 17.2 Å². The Hall–Kier alpha value is -1.51. The molecule has 1 heterocycles. The third-order valence-electron chi connectivity index (χ3n) is 4.88. The normalized spacial score (nSPS) is 32.2. The first-order chi connectivity index (χ1) is 8.74. The maximum Gasteiger partial charge on any atom is 0.230 e. The molecule has 2 atom stereocenters. The van der Waals surface area contributed by atoms with Gasteiger partial charge in [-0.2, -0.15) is 0 Å². The molecule has 3 heteroatoms. The fourth-order valence-corrected chi connectivity index (χ4v) is 3.84. The predicted molar refractivity (Wildman–Crippen MR) is 71.2 cm³/mol. The van der Waals surface area contributed by atoms with E-state index in [0.29, 0.717) is 5.91 Å². The summed E-state index contributed by atoms with van der Waals surface area (Å²) in [7, 11) is 0. The van der Waals surface area contributed by atoms with E-state index in [-0.39, 0.29) is 5.92 Å². The van der Waals surface area contributed by atoms with Gasteiger partial charge >= 0.3 is 0 Å². The quantitative estimate of drug-likeness (QED) is 0.767. The number of benzene rings is 1. The van der Waals surface area contributed by atoms with Crippen molar-refractivity contribution in [3.05, 3.63) is 23.8 Å². The SMILES string of the molecule is Nc1cccc2c1N(C(=O)C1CC3CC3C1)CC2. The van der Waals surface area contributed by atoms with Gasteiger partial charge in [0.05, 0.1) is 11.4 Å². The molecule has 1 amide bonds. The van der Waals surface area contributed by atoms with Crippen LogP contribution in [0, 0.1) is 17.8 Å². The number of nitrogens with zero attached hydrogens (tertiary/aromatic N) is 1. The molecule has 2 fully saturated rings. The van der Waals surface area contributed by atoms with Crippen LogP contribution in [0.15, 0.2) is 18.2 Å². The van der Waals surface area contributed by atoms with Crippen LogP contribution in [0.2, 0.25) is 0 Å². The zero-order valence-corrected chi connectivity index (χ0v) is 10.4. The molecule has 1 aromatic rings. The molecule has 94 valence electrons. The second-order valence-electron chi connectivity index (χ2n) is 6.02. The molecular weight excluding hydrogens is 224 g/mol. The summed E-state index contributed by atoms with van der Waals surface area (Å²) in [5.41, 5.74) is 9.01. The number of hydrogen-bond acceptors (Lipinski definition) is 2. The average Bonchev–Trinajstić information content (AvgIpc) is 2.81. The molecular formula is C15H18N2O. The standard InChI is InChI=1S/C15H18N2O/c16-13-3-1-2-9-4-5-17(14(9)13)15(18)12-7-10-6-11(10)8-12/h1-3,10-12H,4-8,16H2. The Bertz CT molecular complexity index is 515. The fraction of sp³-hybridized carbons (Fsp3) is 0.533. The molecule has 4 rings (SSSR count). The van der Waals surface area contributed by atoms with Gasteiger partial charge in [0.2, 0.25) is 5.91 Å². The molecule has 0 saturated heterocycles. The summed E-state index contributed by atoms with van der Waals surface area (Å²) in [5.74, 6) is 2.29.